The number of ether oxygens (including phenoxy) is 1. The summed E-state index contributed by atoms with van der Waals surface area (Å²) < 4.78 is 5.94. The summed E-state index contributed by atoms with van der Waals surface area (Å²) in [5.41, 5.74) is 4.13. The number of piperazine rings is 1. The molecule has 1 fully saturated rings. The Bertz CT molecular complexity index is 950. The normalized spacial score (nSPS) is 14.6. The number of carbonyl (C=O) groups is 2. The molecule has 0 unspecified atom stereocenters. The molecule has 5 nitrogen and oxygen atoms in total. The molecular weight excluding hydrogens is 400 g/mol. The van der Waals surface area contributed by atoms with Gasteiger partial charge in [-0.25, -0.2) is 0 Å². The van der Waals surface area contributed by atoms with Crippen LogP contribution in [0.3, 0.4) is 0 Å². The van der Waals surface area contributed by atoms with Crippen molar-refractivity contribution in [2.24, 2.45) is 0 Å². The first-order valence-electron chi connectivity index (χ1n) is 11.5. The molecule has 32 heavy (non-hydrogen) atoms. The molecule has 2 amide bonds. The standard InChI is InChI=1S/C27H36N2O3/c1-19(2)21-8-10-22(11-9-21)26(31)29-15-13-28(14-16-29)25(30)18-32-24-12-7-20(3)17-23(24)27(4,5)6/h7-12,17,19H,13-16,18H2,1-6H3. The number of amides is 2. The number of hydrogen-bond acceptors (Lipinski definition) is 3. The molecule has 0 spiro atoms. The van der Waals surface area contributed by atoms with Crippen molar-refractivity contribution in [1.82, 2.24) is 9.80 Å². The lowest BCUT2D eigenvalue weighted by Crippen LogP contribution is -2.51. The van der Waals surface area contributed by atoms with Gasteiger partial charge in [-0.3, -0.25) is 9.59 Å². The minimum atomic E-state index is -0.0657. The molecule has 0 aliphatic carbocycles. The lowest BCUT2D eigenvalue weighted by Gasteiger charge is -2.35. The Morgan fingerprint density at radius 1 is 0.938 bits per heavy atom. The van der Waals surface area contributed by atoms with Gasteiger partial charge in [0.25, 0.3) is 11.8 Å². The zero-order valence-electron chi connectivity index (χ0n) is 20.3. The molecular formula is C27H36N2O3. The number of rotatable bonds is 5. The Morgan fingerprint density at radius 3 is 2.09 bits per heavy atom. The smallest absolute Gasteiger partial charge is 0.260 e. The van der Waals surface area contributed by atoms with Crippen LogP contribution in [0.4, 0.5) is 0 Å². The highest BCUT2D eigenvalue weighted by atomic mass is 16.5. The summed E-state index contributed by atoms with van der Waals surface area (Å²) in [6.45, 7) is 14.9. The average Bonchev–Trinajstić information content (AvgIpc) is 2.77. The molecule has 5 heteroatoms. The van der Waals surface area contributed by atoms with E-state index in [4.69, 9.17) is 4.74 Å². The Labute approximate surface area is 192 Å². The molecule has 1 saturated heterocycles. The quantitative estimate of drug-likeness (QED) is 0.678. The maximum absolute atomic E-state index is 12.8. The van der Waals surface area contributed by atoms with E-state index in [0.717, 1.165) is 11.3 Å². The predicted octanol–water partition coefficient (Wildman–Crippen LogP) is 4.78. The van der Waals surface area contributed by atoms with Crippen LogP contribution >= 0.6 is 0 Å². The van der Waals surface area contributed by atoms with E-state index in [2.05, 4.69) is 47.6 Å². The number of hydrogen-bond donors (Lipinski definition) is 0. The zero-order valence-corrected chi connectivity index (χ0v) is 20.3. The zero-order chi connectivity index (χ0) is 23.5. The van der Waals surface area contributed by atoms with Crippen LogP contribution in [0.5, 0.6) is 5.75 Å². The summed E-state index contributed by atoms with van der Waals surface area (Å²) in [6, 6.07) is 13.9. The molecule has 1 aliphatic heterocycles. The monoisotopic (exact) mass is 436 g/mol. The van der Waals surface area contributed by atoms with Gasteiger partial charge in [0.15, 0.2) is 6.61 Å². The molecule has 2 aromatic carbocycles. The molecule has 1 heterocycles. The molecule has 0 atom stereocenters. The van der Waals surface area contributed by atoms with Crippen LogP contribution < -0.4 is 4.74 Å². The Morgan fingerprint density at radius 2 is 1.53 bits per heavy atom. The summed E-state index contributed by atoms with van der Waals surface area (Å²) in [5.74, 6) is 1.18. The van der Waals surface area contributed by atoms with Crippen molar-refractivity contribution in [2.75, 3.05) is 32.8 Å². The number of benzene rings is 2. The molecule has 172 valence electrons. The molecule has 0 radical (unpaired) electrons. The van der Waals surface area contributed by atoms with Crippen LogP contribution in [0.25, 0.3) is 0 Å². The van der Waals surface area contributed by atoms with E-state index in [1.807, 2.05) is 41.3 Å². The third-order valence-electron chi connectivity index (χ3n) is 6.04. The van der Waals surface area contributed by atoms with Crippen molar-refractivity contribution in [2.45, 2.75) is 52.9 Å². The first-order chi connectivity index (χ1) is 15.1. The van der Waals surface area contributed by atoms with Crippen molar-refractivity contribution >= 4 is 11.8 Å². The van der Waals surface area contributed by atoms with Crippen LogP contribution in [-0.2, 0) is 10.2 Å². The van der Waals surface area contributed by atoms with Gasteiger partial charge in [0.1, 0.15) is 5.75 Å². The third-order valence-corrected chi connectivity index (χ3v) is 6.04. The highest BCUT2D eigenvalue weighted by Crippen LogP contribution is 2.32. The van der Waals surface area contributed by atoms with Gasteiger partial charge in [-0.1, -0.05) is 64.4 Å². The van der Waals surface area contributed by atoms with Gasteiger partial charge in [-0.15, -0.1) is 0 Å². The first-order valence-corrected chi connectivity index (χ1v) is 11.5. The van der Waals surface area contributed by atoms with Crippen LogP contribution in [0.1, 0.15) is 67.6 Å². The van der Waals surface area contributed by atoms with E-state index in [0.29, 0.717) is 37.7 Å². The first kappa shape index (κ1) is 23.8. The molecule has 0 bridgehead atoms. The molecule has 0 N–H and O–H groups in total. The summed E-state index contributed by atoms with van der Waals surface area (Å²) in [5, 5.41) is 0. The molecule has 1 aliphatic rings. The fourth-order valence-corrected chi connectivity index (χ4v) is 3.94. The second-order valence-electron chi connectivity index (χ2n) is 9.99. The van der Waals surface area contributed by atoms with E-state index in [-0.39, 0.29) is 23.8 Å². The predicted molar refractivity (Wildman–Crippen MR) is 128 cm³/mol. The van der Waals surface area contributed by atoms with Gasteiger partial charge in [0.2, 0.25) is 0 Å². The number of nitrogens with zero attached hydrogens (tertiary/aromatic N) is 2. The van der Waals surface area contributed by atoms with Crippen molar-refractivity contribution < 1.29 is 14.3 Å². The van der Waals surface area contributed by atoms with Crippen molar-refractivity contribution in [1.29, 1.82) is 0 Å². The topological polar surface area (TPSA) is 49.9 Å². The maximum Gasteiger partial charge on any atom is 0.260 e. The maximum atomic E-state index is 12.8. The van der Waals surface area contributed by atoms with E-state index in [1.165, 1.54) is 11.1 Å². The number of carbonyl (C=O) groups excluding carboxylic acids is 2. The average molecular weight is 437 g/mol. The minimum absolute atomic E-state index is 0.0107. The second kappa shape index (κ2) is 9.76. The fraction of sp³-hybridized carbons (Fsp3) is 0.481. The van der Waals surface area contributed by atoms with E-state index in [9.17, 15) is 9.59 Å². The minimum Gasteiger partial charge on any atom is -0.483 e. The number of aryl methyl sites for hydroxylation is 1. The lowest BCUT2D eigenvalue weighted by atomic mass is 9.85. The largest absolute Gasteiger partial charge is 0.483 e. The molecule has 3 rings (SSSR count). The molecule has 0 saturated carbocycles. The van der Waals surface area contributed by atoms with Gasteiger partial charge in [-0.2, -0.15) is 0 Å². The van der Waals surface area contributed by atoms with Crippen LogP contribution in [0.15, 0.2) is 42.5 Å². The van der Waals surface area contributed by atoms with Crippen molar-refractivity contribution in [3.63, 3.8) is 0 Å². The van der Waals surface area contributed by atoms with Crippen molar-refractivity contribution in [3.8, 4) is 5.75 Å². The summed E-state index contributed by atoms with van der Waals surface area (Å²) in [4.78, 5) is 29.2. The summed E-state index contributed by atoms with van der Waals surface area (Å²) in [7, 11) is 0. The third kappa shape index (κ3) is 5.70. The SMILES string of the molecule is Cc1ccc(OCC(=O)N2CCN(C(=O)c3ccc(C(C)C)cc3)CC2)c(C(C)(C)C)c1. The lowest BCUT2D eigenvalue weighted by molar-refractivity contribution is -0.134. The van der Waals surface area contributed by atoms with Crippen LogP contribution in [0.2, 0.25) is 0 Å². The summed E-state index contributed by atoms with van der Waals surface area (Å²) in [6.07, 6.45) is 0. The van der Waals surface area contributed by atoms with Crippen LogP contribution in [0, 0.1) is 6.92 Å². The van der Waals surface area contributed by atoms with Gasteiger partial charge in [0.05, 0.1) is 0 Å². The second-order valence-corrected chi connectivity index (χ2v) is 9.99. The Hall–Kier alpha value is -2.82. The van der Waals surface area contributed by atoms with E-state index in [1.54, 1.807) is 4.90 Å². The van der Waals surface area contributed by atoms with Gasteiger partial charge in [0, 0.05) is 31.7 Å². The van der Waals surface area contributed by atoms with Crippen LogP contribution in [-0.4, -0.2) is 54.4 Å². The molecule has 0 aromatic heterocycles. The fourth-order valence-electron chi connectivity index (χ4n) is 3.94. The highest BCUT2D eigenvalue weighted by Gasteiger charge is 2.26. The Balaban J connectivity index is 1.54. The van der Waals surface area contributed by atoms with Gasteiger partial charge >= 0.3 is 0 Å². The Kier molecular flexibility index (Phi) is 7.27. The van der Waals surface area contributed by atoms with E-state index >= 15 is 0 Å². The molecule has 2 aromatic rings. The van der Waals surface area contributed by atoms with E-state index < -0.39 is 0 Å². The highest BCUT2D eigenvalue weighted by molar-refractivity contribution is 5.94. The van der Waals surface area contributed by atoms with Gasteiger partial charge in [-0.05, 0) is 47.6 Å². The summed E-state index contributed by atoms with van der Waals surface area (Å²) >= 11 is 0. The van der Waals surface area contributed by atoms with Crippen molar-refractivity contribution in [3.05, 3.63) is 64.7 Å². The van der Waals surface area contributed by atoms with Gasteiger partial charge < -0.3 is 14.5 Å².